The fourth-order valence-corrected chi connectivity index (χ4v) is 2.30. The summed E-state index contributed by atoms with van der Waals surface area (Å²) in [6.07, 6.45) is 4.86. The summed E-state index contributed by atoms with van der Waals surface area (Å²) in [5, 5.41) is 0. The lowest BCUT2D eigenvalue weighted by Crippen LogP contribution is -2.42. The van der Waals surface area contributed by atoms with Crippen LogP contribution in [0.4, 0.5) is 5.69 Å². The van der Waals surface area contributed by atoms with E-state index in [1.165, 1.54) is 12.6 Å². The molecule has 1 aromatic rings. The summed E-state index contributed by atoms with van der Waals surface area (Å²) >= 11 is 0. The number of carbonyl (C=O) groups excluding carboxylic acids is 1. The number of nitrogens with zero attached hydrogens (tertiary/aromatic N) is 2. The molecule has 1 aliphatic heterocycles. The smallest absolute Gasteiger partial charge is 0.272 e. The number of rotatable bonds is 2. The Morgan fingerprint density at radius 3 is 2.53 bits per heavy atom. The Labute approximate surface area is 120 Å². The second-order valence-electron chi connectivity index (χ2n) is 5.43. The fourth-order valence-electron chi connectivity index (χ4n) is 2.30. The molecule has 0 saturated carbocycles. The number of anilines is 1. The summed E-state index contributed by atoms with van der Waals surface area (Å²) in [6, 6.07) is 3.42. The number of amides is 1. The molecule has 1 amide bonds. The van der Waals surface area contributed by atoms with Crippen molar-refractivity contribution in [1.29, 1.82) is 0 Å². The minimum atomic E-state index is 0. The molecule has 2 N–H and O–H groups in total. The summed E-state index contributed by atoms with van der Waals surface area (Å²) in [4.78, 5) is 18.2. The second kappa shape index (κ2) is 6.24. The molecule has 2 heterocycles. The molecular weight excluding hydrogens is 262 g/mol. The molecule has 1 aromatic heterocycles. The van der Waals surface area contributed by atoms with Gasteiger partial charge in [0.2, 0.25) is 0 Å². The van der Waals surface area contributed by atoms with Crippen molar-refractivity contribution in [3.8, 4) is 0 Å². The summed E-state index contributed by atoms with van der Waals surface area (Å²) < 4.78 is 0. The van der Waals surface area contributed by atoms with Gasteiger partial charge in [-0.25, -0.2) is 4.98 Å². The highest BCUT2D eigenvalue weighted by atomic mass is 35.5. The fraction of sp³-hybridized carbons (Fsp3) is 0.571. The number of halogens is 1. The van der Waals surface area contributed by atoms with Crippen LogP contribution in [0.1, 0.15) is 43.6 Å². The van der Waals surface area contributed by atoms with Crippen LogP contribution in [0.5, 0.6) is 0 Å². The van der Waals surface area contributed by atoms with E-state index in [-0.39, 0.29) is 18.3 Å². The Hall–Kier alpha value is -1.29. The van der Waals surface area contributed by atoms with Crippen molar-refractivity contribution in [2.24, 2.45) is 5.41 Å². The van der Waals surface area contributed by atoms with Crippen LogP contribution >= 0.6 is 12.4 Å². The van der Waals surface area contributed by atoms with E-state index in [2.05, 4.69) is 18.8 Å². The molecule has 0 aliphatic carbocycles. The van der Waals surface area contributed by atoms with Gasteiger partial charge in [-0.2, -0.15) is 0 Å². The van der Waals surface area contributed by atoms with Gasteiger partial charge in [0, 0.05) is 13.1 Å². The molecule has 1 aliphatic rings. The first kappa shape index (κ1) is 15.8. The molecule has 5 heteroatoms. The van der Waals surface area contributed by atoms with Gasteiger partial charge in [0.1, 0.15) is 5.69 Å². The third-order valence-electron chi connectivity index (χ3n) is 4.12. The maximum atomic E-state index is 12.2. The lowest BCUT2D eigenvalue weighted by atomic mass is 9.78. The van der Waals surface area contributed by atoms with Gasteiger partial charge in [-0.1, -0.05) is 20.3 Å². The third kappa shape index (κ3) is 3.60. The van der Waals surface area contributed by atoms with Gasteiger partial charge in [0.25, 0.3) is 5.91 Å². The van der Waals surface area contributed by atoms with Crippen LogP contribution in [0.3, 0.4) is 0 Å². The van der Waals surface area contributed by atoms with E-state index >= 15 is 0 Å². The van der Waals surface area contributed by atoms with Crippen molar-refractivity contribution >= 4 is 24.0 Å². The lowest BCUT2D eigenvalue weighted by Gasteiger charge is -2.38. The van der Waals surface area contributed by atoms with E-state index in [0.717, 1.165) is 25.9 Å². The van der Waals surface area contributed by atoms with Crippen molar-refractivity contribution in [2.75, 3.05) is 18.8 Å². The molecule has 1 saturated heterocycles. The van der Waals surface area contributed by atoms with Gasteiger partial charge < -0.3 is 10.6 Å². The number of hydrogen-bond donors (Lipinski definition) is 1. The molecule has 0 aromatic carbocycles. The summed E-state index contributed by atoms with van der Waals surface area (Å²) in [5.41, 5.74) is 7.04. The Kier molecular flexibility index (Phi) is 5.18. The van der Waals surface area contributed by atoms with Crippen molar-refractivity contribution in [3.63, 3.8) is 0 Å². The molecule has 4 nitrogen and oxygen atoms in total. The molecule has 2 rings (SSSR count). The highest BCUT2D eigenvalue weighted by molar-refractivity contribution is 5.92. The predicted molar refractivity (Wildman–Crippen MR) is 79.4 cm³/mol. The van der Waals surface area contributed by atoms with E-state index in [1.54, 1.807) is 12.1 Å². The van der Waals surface area contributed by atoms with E-state index in [4.69, 9.17) is 5.73 Å². The monoisotopic (exact) mass is 283 g/mol. The van der Waals surface area contributed by atoms with Crippen LogP contribution in [0, 0.1) is 5.41 Å². The van der Waals surface area contributed by atoms with Gasteiger partial charge >= 0.3 is 0 Å². The topological polar surface area (TPSA) is 59.2 Å². The molecule has 0 radical (unpaired) electrons. The number of hydrogen-bond acceptors (Lipinski definition) is 3. The molecule has 0 unspecified atom stereocenters. The normalized spacial score (nSPS) is 17.7. The first-order valence-electron chi connectivity index (χ1n) is 6.55. The average molecular weight is 284 g/mol. The summed E-state index contributed by atoms with van der Waals surface area (Å²) in [7, 11) is 0. The van der Waals surface area contributed by atoms with Crippen LogP contribution in [0.25, 0.3) is 0 Å². The number of pyridine rings is 1. The quantitative estimate of drug-likeness (QED) is 0.908. The number of aromatic nitrogens is 1. The van der Waals surface area contributed by atoms with Gasteiger partial charge in [-0.15, -0.1) is 12.4 Å². The molecule has 1 fully saturated rings. The van der Waals surface area contributed by atoms with E-state index < -0.39 is 0 Å². The molecular formula is C14H22ClN3O. The van der Waals surface area contributed by atoms with Gasteiger partial charge in [-0.05, 0) is 30.4 Å². The first-order valence-corrected chi connectivity index (χ1v) is 6.55. The Balaban J connectivity index is 0.00000180. The van der Waals surface area contributed by atoms with Crippen LogP contribution in [-0.4, -0.2) is 28.9 Å². The number of carbonyl (C=O) groups is 1. The molecule has 0 spiro atoms. The molecule has 106 valence electrons. The van der Waals surface area contributed by atoms with Crippen LogP contribution in [0.2, 0.25) is 0 Å². The van der Waals surface area contributed by atoms with Crippen LogP contribution in [0.15, 0.2) is 18.3 Å². The SMILES string of the molecule is CCC1(C)CCN(C(=O)c2ccc(N)cn2)CC1.Cl. The zero-order valence-corrected chi connectivity index (χ0v) is 12.4. The maximum absolute atomic E-state index is 12.2. The lowest BCUT2D eigenvalue weighted by molar-refractivity contribution is 0.0594. The molecule has 19 heavy (non-hydrogen) atoms. The summed E-state index contributed by atoms with van der Waals surface area (Å²) in [6.45, 7) is 6.18. The van der Waals surface area contributed by atoms with Crippen molar-refractivity contribution < 1.29 is 4.79 Å². The second-order valence-corrected chi connectivity index (χ2v) is 5.43. The molecule has 0 bridgehead atoms. The Morgan fingerprint density at radius 2 is 2.05 bits per heavy atom. The Bertz CT molecular complexity index is 425. The number of likely N-dealkylation sites (tertiary alicyclic amines) is 1. The van der Waals surface area contributed by atoms with Crippen molar-refractivity contribution in [1.82, 2.24) is 9.88 Å². The van der Waals surface area contributed by atoms with Gasteiger partial charge in [-0.3, -0.25) is 4.79 Å². The van der Waals surface area contributed by atoms with E-state index in [0.29, 0.717) is 16.8 Å². The number of nitrogen functional groups attached to an aromatic ring is 1. The third-order valence-corrected chi connectivity index (χ3v) is 4.12. The van der Waals surface area contributed by atoms with Crippen LogP contribution in [-0.2, 0) is 0 Å². The zero-order chi connectivity index (χ0) is 13.2. The first-order chi connectivity index (χ1) is 8.54. The van der Waals surface area contributed by atoms with E-state index in [9.17, 15) is 4.79 Å². The van der Waals surface area contributed by atoms with Gasteiger partial charge in [0.15, 0.2) is 0 Å². The average Bonchev–Trinajstić information content (AvgIpc) is 2.40. The number of piperidine rings is 1. The van der Waals surface area contributed by atoms with E-state index in [1.807, 2.05) is 4.90 Å². The standard InChI is InChI=1S/C14H21N3O.ClH/c1-3-14(2)6-8-17(9-7-14)13(18)12-5-4-11(15)10-16-12;/h4-5,10H,3,6-9,15H2,1-2H3;1H. The van der Waals surface area contributed by atoms with Crippen molar-refractivity contribution in [3.05, 3.63) is 24.0 Å². The maximum Gasteiger partial charge on any atom is 0.272 e. The van der Waals surface area contributed by atoms with Crippen molar-refractivity contribution in [2.45, 2.75) is 33.1 Å². The van der Waals surface area contributed by atoms with Crippen LogP contribution < -0.4 is 5.73 Å². The number of nitrogens with two attached hydrogens (primary N) is 1. The highest BCUT2D eigenvalue weighted by Gasteiger charge is 2.30. The predicted octanol–water partition coefficient (Wildman–Crippen LogP) is 2.74. The minimum absolute atomic E-state index is 0. The van der Waals surface area contributed by atoms with Gasteiger partial charge in [0.05, 0.1) is 11.9 Å². The Morgan fingerprint density at radius 1 is 1.42 bits per heavy atom. The highest BCUT2D eigenvalue weighted by Crippen LogP contribution is 2.34. The molecule has 0 atom stereocenters. The minimum Gasteiger partial charge on any atom is -0.397 e. The largest absolute Gasteiger partial charge is 0.397 e. The zero-order valence-electron chi connectivity index (χ0n) is 11.6. The summed E-state index contributed by atoms with van der Waals surface area (Å²) in [5.74, 6) is 0.0214.